The van der Waals surface area contributed by atoms with Gasteiger partial charge in [0, 0.05) is 12.5 Å². The normalized spacial score (nSPS) is 22.4. The van der Waals surface area contributed by atoms with Gasteiger partial charge in [0.25, 0.3) is 0 Å². The number of piperidine rings is 1. The second kappa shape index (κ2) is 7.51. The van der Waals surface area contributed by atoms with Gasteiger partial charge in [-0.2, -0.15) is 4.98 Å². The quantitative estimate of drug-likeness (QED) is 0.823. The summed E-state index contributed by atoms with van der Waals surface area (Å²) in [6.45, 7) is 4.00. The number of aromatic nitrogens is 2. The van der Waals surface area contributed by atoms with Gasteiger partial charge in [-0.05, 0) is 31.5 Å². The predicted octanol–water partition coefficient (Wildman–Crippen LogP) is 2.33. The molecule has 1 aromatic carbocycles. The average Bonchev–Trinajstić information content (AvgIpc) is 3.34. The highest BCUT2D eigenvalue weighted by molar-refractivity contribution is 5.63. The van der Waals surface area contributed by atoms with Crippen LogP contribution in [0.3, 0.4) is 0 Å². The number of hydrogen-bond acceptors (Lipinski definition) is 7. The summed E-state index contributed by atoms with van der Waals surface area (Å²) in [5.74, 6) is 2.33. The minimum absolute atomic E-state index is 0.0605. The number of ether oxygens (including phenoxy) is 3. The van der Waals surface area contributed by atoms with Gasteiger partial charge in [-0.15, -0.1) is 0 Å². The van der Waals surface area contributed by atoms with Crippen molar-refractivity contribution in [3.63, 3.8) is 0 Å². The third-order valence-corrected chi connectivity index (χ3v) is 4.75. The molecule has 25 heavy (non-hydrogen) atoms. The zero-order valence-electron chi connectivity index (χ0n) is 14.4. The van der Waals surface area contributed by atoms with Gasteiger partial charge in [0.15, 0.2) is 6.29 Å². The van der Waals surface area contributed by atoms with Crippen molar-refractivity contribution in [2.75, 3.05) is 33.4 Å². The molecule has 1 atom stereocenters. The molecule has 2 fully saturated rings. The molecule has 2 aliphatic rings. The second-order valence-electron chi connectivity index (χ2n) is 6.46. The van der Waals surface area contributed by atoms with Crippen molar-refractivity contribution in [3.8, 4) is 17.1 Å². The SMILES string of the molecule is COc1ccccc1-c1noc(CN2CCCC(C3OCCO3)C2)n1. The van der Waals surface area contributed by atoms with Crippen LogP contribution in [0.15, 0.2) is 28.8 Å². The summed E-state index contributed by atoms with van der Waals surface area (Å²) in [5, 5.41) is 4.11. The Hall–Kier alpha value is -1.96. The predicted molar refractivity (Wildman–Crippen MR) is 90.0 cm³/mol. The number of benzene rings is 1. The number of likely N-dealkylation sites (tertiary alicyclic amines) is 1. The molecule has 7 heteroatoms. The largest absolute Gasteiger partial charge is 0.496 e. The minimum Gasteiger partial charge on any atom is -0.496 e. The van der Waals surface area contributed by atoms with E-state index in [0.717, 1.165) is 37.2 Å². The summed E-state index contributed by atoms with van der Waals surface area (Å²) in [6.07, 6.45) is 2.20. The van der Waals surface area contributed by atoms with Crippen LogP contribution in [0.5, 0.6) is 5.75 Å². The summed E-state index contributed by atoms with van der Waals surface area (Å²) in [6, 6.07) is 7.68. The lowest BCUT2D eigenvalue weighted by atomic mass is 9.97. The minimum atomic E-state index is -0.0605. The molecular weight excluding hydrogens is 322 g/mol. The average molecular weight is 345 g/mol. The maximum absolute atomic E-state index is 5.66. The Labute approximate surface area is 146 Å². The van der Waals surface area contributed by atoms with Gasteiger partial charge in [0.05, 0.1) is 32.4 Å². The number of methoxy groups -OCH3 is 1. The Bertz CT molecular complexity index is 699. The lowest BCUT2D eigenvalue weighted by molar-refractivity contribution is -0.101. The fourth-order valence-corrected chi connectivity index (χ4v) is 3.56. The maximum Gasteiger partial charge on any atom is 0.241 e. The van der Waals surface area contributed by atoms with Crippen molar-refractivity contribution in [3.05, 3.63) is 30.2 Å². The van der Waals surface area contributed by atoms with E-state index in [2.05, 4.69) is 15.0 Å². The van der Waals surface area contributed by atoms with E-state index in [1.807, 2.05) is 24.3 Å². The topological polar surface area (TPSA) is 69.9 Å². The molecule has 0 aliphatic carbocycles. The fraction of sp³-hybridized carbons (Fsp3) is 0.556. The summed E-state index contributed by atoms with van der Waals surface area (Å²) in [5.41, 5.74) is 0.837. The van der Waals surface area contributed by atoms with E-state index in [0.29, 0.717) is 37.4 Å². The number of para-hydroxylation sites is 1. The molecule has 134 valence electrons. The first kappa shape index (κ1) is 16.5. The molecule has 2 aliphatic heterocycles. The van der Waals surface area contributed by atoms with E-state index in [-0.39, 0.29) is 6.29 Å². The highest BCUT2D eigenvalue weighted by atomic mass is 16.7. The molecule has 2 saturated heterocycles. The number of rotatable bonds is 5. The summed E-state index contributed by atoms with van der Waals surface area (Å²) in [4.78, 5) is 6.88. The first-order chi connectivity index (χ1) is 12.3. The van der Waals surface area contributed by atoms with Gasteiger partial charge in [-0.25, -0.2) is 0 Å². The fourth-order valence-electron chi connectivity index (χ4n) is 3.56. The van der Waals surface area contributed by atoms with Gasteiger partial charge in [-0.1, -0.05) is 17.3 Å². The Morgan fingerprint density at radius 1 is 1.24 bits per heavy atom. The van der Waals surface area contributed by atoms with E-state index >= 15 is 0 Å². The zero-order valence-corrected chi connectivity index (χ0v) is 14.4. The molecule has 1 aromatic heterocycles. The van der Waals surface area contributed by atoms with Crippen LogP contribution in [0.2, 0.25) is 0 Å². The molecule has 2 aromatic rings. The molecule has 4 rings (SSSR count). The lowest BCUT2D eigenvalue weighted by Gasteiger charge is -2.33. The third-order valence-electron chi connectivity index (χ3n) is 4.75. The van der Waals surface area contributed by atoms with Crippen molar-refractivity contribution in [1.82, 2.24) is 15.0 Å². The molecule has 0 radical (unpaired) electrons. The molecule has 7 nitrogen and oxygen atoms in total. The van der Waals surface area contributed by atoms with E-state index in [1.54, 1.807) is 7.11 Å². The Kier molecular flexibility index (Phi) is 4.96. The van der Waals surface area contributed by atoms with Crippen LogP contribution in [0.25, 0.3) is 11.4 Å². The molecule has 0 spiro atoms. The summed E-state index contributed by atoms with van der Waals surface area (Å²) in [7, 11) is 1.64. The lowest BCUT2D eigenvalue weighted by Crippen LogP contribution is -2.40. The molecule has 1 unspecified atom stereocenters. The van der Waals surface area contributed by atoms with Crippen LogP contribution in [-0.2, 0) is 16.0 Å². The van der Waals surface area contributed by atoms with Crippen molar-refractivity contribution in [2.24, 2.45) is 5.92 Å². The van der Waals surface area contributed by atoms with E-state index in [4.69, 9.17) is 18.7 Å². The van der Waals surface area contributed by atoms with Crippen molar-refractivity contribution < 1.29 is 18.7 Å². The Balaban J connectivity index is 1.42. The van der Waals surface area contributed by atoms with Crippen molar-refractivity contribution in [1.29, 1.82) is 0 Å². The Morgan fingerprint density at radius 2 is 2.08 bits per heavy atom. The van der Waals surface area contributed by atoms with Crippen LogP contribution in [0.1, 0.15) is 18.7 Å². The molecule has 0 saturated carbocycles. The third kappa shape index (κ3) is 3.68. The monoisotopic (exact) mass is 345 g/mol. The standard InChI is InChI=1S/C18H23N3O4/c1-22-15-7-3-2-6-14(15)17-19-16(25-20-17)12-21-8-4-5-13(11-21)18-23-9-10-24-18/h2-3,6-7,13,18H,4-5,8-12H2,1H3. The van der Waals surface area contributed by atoms with Crippen molar-refractivity contribution >= 4 is 0 Å². The van der Waals surface area contributed by atoms with Gasteiger partial charge in [0.2, 0.25) is 11.7 Å². The highest BCUT2D eigenvalue weighted by Gasteiger charge is 2.31. The first-order valence-corrected chi connectivity index (χ1v) is 8.75. The van der Waals surface area contributed by atoms with E-state index < -0.39 is 0 Å². The van der Waals surface area contributed by atoms with Crippen LogP contribution >= 0.6 is 0 Å². The van der Waals surface area contributed by atoms with Crippen LogP contribution in [-0.4, -0.2) is 54.7 Å². The molecule has 3 heterocycles. The smallest absolute Gasteiger partial charge is 0.241 e. The van der Waals surface area contributed by atoms with Crippen LogP contribution in [0, 0.1) is 5.92 Å². The summed E-state index contributed by atoms with van der Waals surface area (Å²) >= 11 is 0. The Morgan fingerprint density at radius 3 is 2.92 bits per heavy atom. The molecule has 0 N–H and O–H groups in total. The van der Waals surface area contributed by atoms with Gasteiger partial charge < -0.3 is 18.7 Å². The maximum atomic E-state index is 5.66. The van der Waals surface area contributed by atoms with Crippen molar-refractivity contribution in [2.45, 2.75) is 25.7 Å². The molecule has 0 amide bonds. The molecule has 0 bridgehead atoms. The zero-order chi connectivity index (χ0) is 17.1. The van der Waals surface area contributed by atoms with Gasteiger partial charge in [0.1, 0.15) is 5.75 Å². The summed E-state index contributed by atoms with van der Waals surface area (Å²) < 4.78 is 22.2. The number of hydrogen-bond donors (Lipinski definition) is 0. The van der Waals surface area contributed by atoms with Gasteiger partial charge in [-0.3, -0.25) is 4.90 Å². The first-order valence-electron chi connectivity index (χ1n) is 8.75. The molecular formula is C18H23N3O4. The van der Waals surface area contributed by atoms with E-state index in [9.17, 15) is 0 Å². The second-order valence-corrected chi connectivity index (χ2v) is 6.46. The van der Waals surface area contributed by atoms with Crippen LogP contribution in [0.4, 0.5) is 0 Å². The van der Waals surface area contributed by atoms with Crippen LogP contribution < -0.4 is 4.74 Å². The van der Waals surface area contributed by atoms with E-state index in [1.165, 1.54) is 0 Å². The van der Waals surface area contributed by atoms with Gasteiger partial charge >= 0.3 is 0 Å². The highest BCUT2D eigenvalue weighted by Crippen LogP contribution is 2.28. The number of nitrogens with zero attached hydrogens (tertiary/aromatic N) is 3.